The van der Waals surface area contributed by atoms with E-state index in [9.17, 15) is 4.79 Å². The van der Waals surface area contributed by atoms with E-state index in [0.29, 0.717) is 5.56 Å². The van der Waals surface area contributed by atoms with Gasteiger partial charge in [-0.2, -0.15) is 0 Å². The lowest BCUT2D eigenvalue weighted by Gasteiger charge is -2.14. The normalized spacial score (nSPS) is 12.3. The lowest BCUT2D eigenvalue weighted by atomic mass is 10.1. The molecule has 0 aliphatic heterocycles. The van der Waals surface area contributed by atoms with Gasteiger partial charge in [-0.15, -0.1) is 0 Å². The Morgan fingerprint density at radius 1 is 1.19 bits per heavy atom. The van der Waals surface area contributed by atoms with Gasteiger partial charge >= 0.3 is 0 Å². The third-order valence-corrected chi connectivity index (χ3v) is 3.63. The summed E-state index contributed by atoms with van der Waals surface area (Å²) in [6.07, 6.45) is 1.75. The fourth-order valence-electron chi connectivity index (χ4n) is 2.38. The summed E-state index contributed by atoms with van der Waals surface area (Å²) in [5, 5.41) is 3.01. The number of rotatable bonds is 3. The summed E-state index contributed by atoms with van der Waals surface area (Å²) >= 11 is 0. The third kappa shape index (κ3) is 2.65. The number of amides is 1. The first-order valence-corrected chi connectivity index (χ1v) is 6.92. The molecule has 1 amide bonds. The van der Waals surface area contributed by atoms with Gasteiger partial charge in [0.15, 0.2) is 0 Å². The molecule has 0 bridgehead atoms. The van der Waals surface area contributed by atoms with E-state index >= 15 is 0 Å². The van der Waals surface area contributed by atoms with Crippen molar-refractivity contribution in [2.24, 2.45) is 7.05 Å². The van der Waals surface area contributed by atoms with Crippen LogP contribution in [0.4, 0.5) is 0 Å². The molecule has 0 spiro atoms. The molecule has 1 N–H and O–H groups in total. The van der Waals surface area contributed by atoms with E-state index < -0.39 is 0 Å². The smallest absolute Gasteiger partial charge is 0.251 e. The summed E-state index contributed by atoms with van der Waals surface area (Å²) in [6, 6.07) is 15.5. The van der Waals surface area contributed by atoms with Crippen molar-refractivity contribution >= 4 is 16.9 Å². The first-order chi connectivity index (χ1) is 10.1. The predicted octanol–water partition coefficient (Wildman–Crippen LogP) is 3.06. The average Bonchev–Trinajstić information content (AvgIpc) is 2.89. The number of nitrogens with zero attached hydrogens (tertiary/aromatic N) is 2. The number of carbonyl (C=O) groups excluding carboxylic acids is 1. The minimum absolute atomic E-state index is 0.0295. The first-order valence-electron chi connectivity index (χ1n) is 6.92. The zero-order valence-corrected chi connectivity index (χ0v) is 12.1. The van der Waals surface area contributed by atoms with Crippen LogP contribution in [0.15, 0.2) is 54.9 Å². The highest BCUT2D eigenvalue weighted by atomic mass is 16.1. The molecule has 0 aliphatic rings. The van der Waals surface area contributed by atoms with Crippen LogP contribution in [0.2, 0.25) is 0 Å². The van der Waals surface area contributed by atoms with Crippen molar-refractivity contribution in [3.05, 3.63) is 66.0 Å². The number of hydrogen-bond acceptors (Lipinski definition) is 2. The van der Waals surface area contributed by atoms with Gasteiger partial charge in [0.05, 0.1) is 23.4 Å². The second kappa shape index (κ2) is 5.40. The van der Waals surface area contributed by atoms with Gasteiger partial charge in [0.25, 0.3) is 5.91 Å². The molecule has 2 aromatic carbocycles. The van der Waals surface area contributed by atoms with E-state index in [1.807, 2.05) is 67.1 Å². The topological polar surface area (TPSA) is 46.9 Å². The molecule has 4 heteroatoms. The Morgan fingerprint density at radius 2 is 1.95 bits per heavy atom. The fourth-order valence-corrected chi connectivity index (χ4v) is 2.38. The molecule has 3 aromatic rings. The number of aromatic nitrogens is 2. The van der Waals surface area contributed by atoms with Gasteiger partial charge in [0.2, 0.25) is 0 Å². The van der Waals surface area contributed by atoms with Gasteiger partial charge in [-0.05, 0) is 30.7 Å². The van der Waals surface area contributed by atoms with Crippen LogP contribution in [0, 0.1) is 0 Å². The maximum absolute atomic E-state index is 12.3. The number of carbonyl (C=O) groups is 1. The Labute approximate surface area is 123 Å². The largest absolute Gasteiger partial charge is 0.346 e. The number of fused-ring (bicyclic) bond motifs is 1. The highest BCUT2D eigenvalue weighted by Crippen LogP contribution is 2.16. The maximum Gasteiger partial charge on any atom is 0.251 e. The van der Waals surface area contributed by atoms with E-state index in [4.69, 9.17) is 0 Å². The SMILES string of the molecule is C[C@@H](NC(=O)c1ccc2c(c1)ncn2C)c1ccccc1. The quantitative estimate of drug-likeness (QED) is 0.801. The first kappa shape index (κ1) is 13.4. The van der Waals surface area contributed by atoms with Crippen molar-refractivity contribution in [2.45, 2.75) is 13.0 Å². The molecule has 0 fully saturated rings. The Morgan fingerprint density at radius 3 is 2.71 bits per heavy atom. The molecule has 4 nitrogen and oxygen atoms in total. The minimum atomic E-state index is -0.0843. The zero-order chi connectivity index (χ0) is 14.8. The molecular formula is C17H17N3O. The lowest BCUT2D eigenvalue weighted by molar-refractivity contribution is 0.0940. The summed E-state index contributed by atoms with van der Waals surface area (Å²) in [7, 11) is 1.94. The summed E-state index contributed by atoms with van der Waals surface area (Å²) in [4.78, 5) is 16.6. The van der Waals surface area contributed by atoms with Gasteiger partial charge < -0.3 is 9.88 Å². The van der Waals surface area contributed by atoms with E-state index in [2.05, 4.69) is 10.3 Å². The van der Waals surface area contributed by atoms with Crippen molar-refractivity contribution in [3.63, 3.8) is 0 Å². The van der Waals surface area contributed by atoms with Crippen molar-refractivity contribution in [3.8, 4) is 0 Å². The molecule has 0 radical (unpaired) electrons. The number of hydrogen-bond donors (Lipinski definition) is 1. The summed E-state index contributed by atoms with van der Waals surface area (Å²) < 4.78 is 1.93. The standard InChI is InChI=1S/C17H17N3O/c1-12(13-6-4-3-5-7-13)19-17(21)14-8-9-16-15(10-14)18-11-20(16)2/h3-12H,1-2H3,(H,19,21)/t12-/m1/s1. The Bertz CT molecular complexity index is 777. The van der Waals surface area contributed by atoms with Crippen LogP contribution in [0.3, 0.4) is 0 Å². The third-order valence-electron chi connectivity index (χ3n) is 3.63. The number of nitrogens with one attached hydrogen (secondary N) is 1. The van der Waals surface area contributed by atoms with Gasteiger partial charge in [-0.3, -0.25) is 4.79 Å². The average molecular weight is 279 g/mol. The van der Waals surface area contributed by atoms with Crippen molar-refractivity contribution in [1.29, 1.82) is 0 Å². The molecule has 0 unspecified atom stereocenters. The van der Waals surface area contributed by atoms with Gasteiger partial charge in [0, 0.05) is 12.6 Å². The summed E-state index contributed by atoms with van der Waals surface area (Å²) in [6.45, 7) is 1.98. The number of imidazole rings is 1. The zero-order valence-electron chi connectivity index (χ0n) is 12.1. The monoisotopic (exact) mass is 279 g/mol. The molecule has 1 heterocycles. The molecular weight excluding hydrogens is 262 g/mol. The predicted molar refractivity (Wildman–Crippen MR) is 83.0 cm³/mol. The maximum atomic E-state index is 12.3. The van der Waals surface area contributed by atoms with Gasteiger partial charge in [-0.25, -0.2) is 4.98 Å². The molecule has 0 saturated heterocycles. The molecule has 3 rings (SSSR count). The van der Waals surface area contributed by atoms with Gasteiger partial charge in [-0.1, -0.05) is 30.3 Å². The van der Waals surface area contributed by atoms with Crippen LogP contribution < -0.4 is 5.32 Å². The number of aryl methyl sites for hydroxylation is 1. The molecule has 1 aromatic heterocycles. The van der Waals surface area contributed by atoms with Crippen LogP contribution in [0.1, 0.15) is 28.9 Å². The second-order valence-electron chi connectivity index (χ2n) is 5.16. The Hall–Kier alpha value is -2.62. The molecule has 1 atom stereocenters. The van der Waals surface area contributed by atoms with E-state index in [1.54, 1.807) is 6.33 Å². The summed E-state index contributed by atoms with van der Waals surface area (Å²) in [5.74, 6) is -0.0843. The molecule has 106 valence electrons. The van der Waals surface area contributed by atoms with E-state index in [-0.39, 0.29) is 11.9 Å². The Kier molecular flexibility index (Phi) is 3.44. The van der Waals surface area contributed by atoms with Crippen molar-refractivity contribution in [2.75, 3.05) is 0 Å². The van der Waals surface area contributed by atoms with Crippen LogP contribution >= 0.6 is 0 Å². The van der Waals surface area contributed by atoms with Crippen molar-refractivity contribution in [1.82, 2.24) is 14.9 Å². The van der Waals surface area contributed by atoms with E-state index in [0.717, 1.165) is 16.6 Å². The molecule has 21 heavy (non-hydrogen) atoms. The van der Waals surface area contributed by atoms with E-state index in [1.165, 1.54) is 0 Å². The molecule has 0 saturated carbocycles. The van der Waals surface area contributed by atoms with Gasteiger partial charge in [0.1, 0.15) is 0 Å². The lowest BCUT2D eigenvalue weighted by Crippen LogP contribution is -2.26. The summed E-state index contributed by atoms with van der Waals surface area (Å²) in [5.41, 5.74) is 3.56. The Balaban J connectivity index is 1.80. The van der Waals surface area contributed by atoms with Crippen LogP contribution in [0.5, 0.6) is 0 Å². The fraction of sp³-hybridized carbons (Fsp3) is 0.176. The number of benzene rings is 2. The minimum Gasteiger partial charge on any atom is -0.346 e. The van der Waals surface area contributed by atoms with Crippen LogP contribution in [0.25, 0.3) is 11.0 Å². The highest BCUT2D eigenvalue weighted by Gasteiger charge is 2.12. The van der Waals surface area contributed by atoms with Crippen LogP contribution in [-0.2, 0) is 7.05 Å². The second-order valence-corrected chi connectivity index (χ2v) is 5.16. The van der Waals surface area contributed by atoms with Crippen LogP contribution in [-0.4, -0.2) is 15.5 Å². The van der Waals surface area contributed by atoms with Crippen molar-refractivity contribution < 1.29 is 4.79 Å². The molecule has 0 aliphatic carbocycles. The highest BCUT2D eigenvalue weighted by molar-refractivity contribution is 5.97.